The number of aryl methyl sites for hydroxylation is 1. The zero-order valence-electron chi connectivity index (χ0n) is 12.1. The van der Waals surface area contributed by atoms with Gasteiger partial charge in [-0.1, -0.05) is 24.3 Å². The van der Waals surface area contributed by atoms with Gasteiger partial charge in [-0.05, 0) is 71.1 Å². The highest BCUT2D eigenvalue weighted by atomic mass is 16.3. The average Bonchev–Trinajstić information content (AvgIpc) is 2.51. The average molecular weight is 292 g/mol. The summed E-state index contributed by atoms with van der Waals surface area (Å²) in [4.78, 5) is 0. The van der Waals surface area contributed by atoms with Crippen molar-refractivity contribution in [3.8, 4) is 39.5 Å². The van der Waals surface area contributed by atoms with E-state index in [1.165, 1.54) is 0 Å². The molecule has 3 aromatic carbocycles. The van der Waals surface area contributed by atoms with Crippen molar-refractivity contribution < 1.29 is 15.3 Å². The molecule has 3 aromatic rings. The van der Waals surface area contributed by atoms with Crippen molar-refractivity contribution in [2.24, 2.45) is 0 Å². The summed E-state index contributed by atoms with van der Waals surface area (Å²) in [5, 5.41) is 29.1. The second-order valence-corrected chi connectivity index (χ2v) is 5.28. The Hall–Kier alpha value is -2.94. The molecule has 110 valence electrons. The van der Waals surface area contributed by atoms with E-state index in [2.05, 4.69) is 0 Å². The van der Waals surface area contributed by atoms with Crippen molar-refractivity contribution >= 4 is 0 Å². The van der Waals surface area contributed by atoms with Crippen LogP contribution in [0.4, 0.5) is 0 Å². The van der Waals surface area contributed by atoms with Gasteiger partial charge >= 0.3 is 0 Å². The first kappa shape index (κ1) is 14.0. The van der Waals surface area contributed by atoms with Gasteiger partial charge in [0, 0.05) is 0 Å². The number of aromatic hydroxyl groups is 3. The Labute approximate surface area is 128 Å². The molecule has 0 unspecified atom stereocenters. The predicted octanol–water partition coefficient (Wildman–Crippen LogP) is 4.45. The van der Waals surface area contributed by atoms with Crippen molar-refractivity contribution in [1.82, 2.24) is 0 Å². The lowest BCUT2D eigenvalue weighted by molar-refractivity contribution is 0.474. The lowest BCUT2D eigenvalue weighted by atomic mass is 9.92. The highest BCUT2D eigenvalue weighted by molar-refractivity contribution is 5.86. The molecular weight excluding hydrogens is 276 g/mol. The molecule has 3 heteroatoms. The molecule has 3 N–H and O–H groups in total. The summed E-state index contributed by atoms with van der Waals surface area (Å²) in [5.41, 5.74) is 4.54. The number of hydrogen-bond donors (Lipinski definition) is 3. The van der Waals surface area contributed by atoms with Crippen LogP contribution in [0, 0.1) is 6.92 Å². The summed E-state index contributed by atoms with van der Waals surface area (Å²) in [6, 6.07) is 17.2. The van der Waals surface area contributed by atoms with Crippen LogP contribution in [0.1, 0.15) is 5.56 Å². The van der Waals surface area contributed by atoms with Gasteiger partial charge in [0.05, 0.1) is 0 Å². The molecule has 3 rings (SSSR count). The first-order valence-electron chi connectivity index (χ1n) is 6.97. The zero-order chi connectivity index (χ0) is 15.7. The number of phenolic OH excluding ortho intramolecular Hbond substituents is 3. The second kappa shape index (κ2) is 5.45. The number of hydrogen-bond acceptors (Lipinski definition) is 3. The minimum Gasteiger partial charge on any atom is -0.508 e. The fraction of sp³-hybridized carbons (Fsp3) is 0.0526. The van der Waals surface area contributed by atoms with Gasteiger partial charge in [-0.3, -0.25) is 0 Å². The Morgan fingerprint density at radius 1 is 0.545 bits per heavy atom. The molecule has 3 nitrogen and oxygen atoms in total. The number of rotatable bonds is 2. The largest absolute Gasteiger partial charge is 0.508 e. The summed E-state index contributed by atoms with van der Waals surface area (Å²) in [7, 11) is 0. The third-order valence-corrected chi connectivity index (χ3v) is 3.69. The third kappa shape index (κ3) is 2.61. The van der Waals surface area contributed by atoms with Gasteiger partial charge < -0.3 is 15.3 Å². The number of benzene rings is 3. The predicted molar refractivity (Wildman–Crippen MR) is 87.0 cm³/mol. The van der Waals surface area contributed by atoms with Crippen molar-refractivity contribution in [2.75, 3.05) is 0 Å². The van der Waals surface area contributed by atoms with Crippen molar-refractivity contribution in [2.45, 2.75) is 6.92 Å². The molecule has 0 amide bonds. The van der Waals surface area contributed by atoms with E-state index in [1.807, 2.05) is 31.2 Å². The SMILES string of the molecule is Cc1ccc(O)cc1-c1cc(O)ccc1-c1ccc(O)cc1. The summed E-state index contributed by atoms with van der Waals surface area (Å²) in [6.45, 7) is 1.96. The monoisotopic (exact) mass is 292 g/mol. The summed E-state index contributed by atoms with van der Waals surface area (Å²) >= 11 is 0. The summed E-state index contributed by atoms with van der Waals surface area (Å²) in [6.07, 6.45) is 0. The molecule has 0 saturated carbocycles. The van der Waals surface area contributed by atoms with Gasteiger partial charge in [-0.2, -0.15) is 0 Å². The van der Waals surface area contributed by atoms with Crippen LogP contribution in [-0.2, 0) is 0 Å². The number of phenols is 3. The van der Waals surface area contributed by atoms with E-state index in [9.17, 15) is 15.3 Å². The van der Waals surface area contributed by atoms with E-state index in [1.54, 1.807) is 36.4 Å². The van der Waals surface area contributed by atoms with Gasteiger partial charge in [0.15, 0.2) is 0 Å². The fourth-order valence-electron chi connectivity index (χ4n) is 2.55. The topological polar surface area (TPSA) is 60.7 Å². The zero-order valence-corrected chi connectivity index (χ0v) is 12.1. The van der Waals surface area contributed by atoms with Crippen LogP contribution in [0.25, 0.3) is 22.3 Å². The van der Waals surface area contributed by atoms with E-state index in [4.69, 9.17) is 0 Å². The molecule has 0 saturated heterocycles. The molecule has 0 aliphatic heterocycles. The van der Waals surface area contributed by atoms with Crippen LogP contribution >= 0.6 is 0 Å². The minimum absolute atomic E-state index is 0.167. The molecule has 0 fully saturated rings. The van der Waals surface area contributed by atoms with Gasteiger partial charge in [0.2, 0.25) is 0 Å². The summed E-state index contributed by atoms with van der Waals surface area (Å²) < 4.78 is 0. The van der Waals surface area contributed by atoms with E-state index in [0.717, 1.165) is 27.8 Å². The molecule has 0 aromatic heterocycles. The third-order valence-electron chi connectivity index (χ3n) is 3.69. The molecule has 0 radical (unpaired) electrons. The van der Waals surface area contributed by atoms with E-state index >= 15 is 0 Å². The molecule has 22 heavy (non-hydrogen) atoms. The Balaban J connectivity index is 2.24. The fourth-order valence-corrected chi connectivity index (χ4v) is 2.55. The highest BCUT2D eigenvalue weighted by Crippen LogP contribution is 2.37. The molecule has 0 aliphatic rings. The smallest absolute Gasteiger partial charge is 0.116 e. The van der Waals surface area contributed by atoms with Gasteiger partial charge in [-0.15, -0.1) is 0 Å². The maximum atomic E-state index is 9.85. The maximum Gasteiger partial charge on any atom is 0.116 e. The maximum absolute atomic E-state index is 9.85. The van der Waals surface area contributed by atoms with Gasteiger partial charge in [-0.25, -0.2) is 0 Å². The van der Waals surface area contributed by atoms with Crippen LogP contribution in [0.5, 0.6) is 17.2 Å². The van der Waals surface area contributed by atoms with Crippen molar-refractivity contribution in [3.63, 3.8) is 0 Å². The summed E-state index contributed by atoms with van der Waals surface area (Å²) in [5.74, 6) is 0.554. The van der Waals surface area contributed by atoms with E-state index < -0.39 is 0 Å². The molecule has 0 bridgehead atoms. The highest BCUT2D eigenvalue weighted by Gasteiger charge is 2.11. The Morgan fingerprint density at radius 3 is 1.77 bits per heavy atom. The van der Waals surface area contributed by atoms with Gasteiger partial charge in [0.25, 0.3) is 0 Å². The molecule has 0 heterocycles. The minimum atomic E-state index is 0.167. The van der Waals surface area contributed by atoms with Crippen molar-refractivity contribution in [3.05, 3.63) is 66.2 Å². The van der Waals surface area contributed by atoms with Crippen LogP contribution in [0.15, 0.2) is 60.7 Å². The van der Waals surface area contributed by atoms with Gasteiger partial charge in [0.1, 0.15) is 17.2 Å². The molecule has 0 atom stereocenters. The van der Waals surface area contributed by atoms with E-state index in [0.29, 0.717) is 0 Å². The lowest BCUT2D eigenvalue weighted by Crippen LogP contribution is -1.88. The Kier molecular flexibility index (Phi) is 3.47. The lowest BCUT2D eigenvalue weighted by Gasteiger charge is -2.13. The quantitative estimate of drug-likeness (QED) is 0.654. The molecule has 0 aliphatic carbocycles. The first-order chi connectivity index (χ1) is 10.5. The van der Waals surface area contributed by atoms with Crippen LogP contribution in [0.3, 0.4) is 0 Å². The Morgan fingerprint density at radius 2 is 1.09 bits per heavy atom. The first-order valence-corrected chi connectivity index (χ1v) is 6.97. The van der Waals surface area contributed by atoms with Crippen LogP contribution in [0.2, 0.25) is 0 Å². The molecular formula is C19H16O3. The Bertz CT molecular complexity index is 821. The van der Waals surface area contributed by atoms with Crippen LogP contribution < -0.4 is 0 Å². The van der Waals surface area contributed by atoms with E-state index in [-0.39, 0.29) is 17.2 Å². The van der Waals surface area contributed by atoms with Crippen molar-refractivity contribution in [1.29, 1.82) is 0 Å². The van der Waals surface area contributed by atoms with Crippen LogP contribution in [-0.4, -0.2) is 15.3 Å². The second-order valence-electron chi connectivity index (χ2n) is 5.28. The normalized spacial score (nSPS) is 10.6. The molecule has 0 spiro atoms. The standard InChI is InChI=1S/C19H16O3/c1-12-2-5-15(21)10-18(12)19-11-16(22)8-9-17(19)13-3-6-14(20)7-4-13/h2-11,20-22H,1H3.